The summed E-state index contributed by atoms with van der Waals surface area (Å²) in [7, 11) is 0. The molecule has 1 aliphatic rings. The van der Waals surface area contributed by atoms with E-state index in [1.165, 1.54) is 4.57 Å². The molecule has 1 aromatic heterocycles. The molecule has 1 aromatic rings. The average Bonchev–Trinajstić information content (AvgIpc) is 2.65. The van der Waals surface area contributed by atoms with Crippen LogP contribution >= 0.6 is 0 Å². The Balaban J connectivity index is 2.30. The topological polar surface area (TPSA) is 111 Å². The summed E-state index contributed by atoms with van der Waals surface area (Å²) < 4.78 is 6.65. The molecule has 0 radical (unpaired) electrons. The van der Waals surface area contributed by atoms with Crippen molar-refractivity contribution in [1.82, 2.24) is 9.55 Å². The summed E-state index contributed by atoms with van der Waals surface area (Å²) in [4.78, 5) is 15.3. The molecule has 0 unspecified atom stereocenters. The summed E-state index contributed by atoms with van der Waals surface area (Å²) in [5, 5.41) is 18.6. The lowest BCUT2D eigenvalue weighted by atomic mass is 10.2. The summed E-state index contributed by atoms with van der Waals surface area (Å²) in [5.41, 5.74) is 5.65. The van der Waals surface area contributed by atoms with Gasteiger partial charge in [-0.05, 0) is 6.92 Å². The minimum absolute atomic E-state index is 0.184. The molecule has 0 amide bonds. The minimum atomic E-state index is -0.783. The zero-order valence-corrected chi connectivity index (χ0v) is 9.41. The largest absolute Gasteiger partial charge is 0.394 e. The van der Waals surface area contributed by atoms with Crippen LogP contribution in [0.25, 0.3) is 0 Å². The van der Waals surface area contributed by atoms with Crippen molar-refractivity contribution in [1.29, 1.82) is 0 Å². The number of hydrogen-bond donors (Lipinski definition) is 3. The van der Waals surface area contributed by atoms with E-state index >= 15 is 0 Å². The first-order valence-electron chi connectivity index (χ1n) is 5.32. The number of nitrogen functional groups attached to an aromatic ring is 1. The number of hydrogen-bond acceptors (Lipinski definition) is 6. The molecule has 4 N–H and O–H groups in total. The quantitative estimate of drug-likeness (QED) is 0.598. The molecular weight excluding hydrogens is 226 g/mol. The van der Waals surface area contributed by atoms with Crippen LogP contribution in [0.2, 0.25) is 0 Å². The third-order valence-electron chi connectivity index (χ3n) is 2.87. The fourth-order valence-electron chi connectivity index (χ4n) is 1.84. The van der Waals surface area contributed by atoms with E-state index in [0.29, 0.717) is 5.56 Å². The van der Waals surface area contributed by atoms with Gasteiger partial charge in [-0.25, -0.2) is 4.79 Å². The van der Waals surface area contributed by atoms with Gasteiger partial charge < -0.3 is 20.7 Å². The van der Waals surface area contributed by atoms with Crippen LogP contribution in [0.1, 0.15) is 18.2 Å². The van der Waals surface area contributed by atoms with Crippen LogP contribution in [-0.2, 0) is 4.74 Å². The number of ether oxygens (including phenoxy) is 1. The minimum Gasteiger partial charge on any atom is -0.394 e. The Kier molecular flexibility index (Phi) is 3.14. The maximum atomic E-state index is 11.6. The van der Waals surface area contributed by atoms with Crippen LogP contribution in [0, 0.1) is 6.92 Å². The Bertz CT molecular complexity index is 473. The predicted octanol–water partition coefficient (Wildman–Crippen LogP) is -1.23. The Hall–Kier alpha value is -1.44. The molecule has 17 heavy (non-hydrogen) atoms. The SMILES string of the molecule is Cc1cn([C@@H]2C[C@@H](O)[C@H](CO)O2)c(=O)nc1N. The van der Waals surface area contributed by atoms with E-state index in [2.05, 4.69) is 4.98 Å². The van der Waals surface area contributed by atoms with E-state index in [0.717, 1.165) is 0 Å². The zero-order chi connectivity index (χ0) is 12.6. The Labute approximate surface area is 97.5 Å². The average molecular weight is 241 g/mol. The van der Waals surface area contributed by atoms with Crippen molar-refractivity contribution in [2.75, 3.05) is 12.3 Å². The molecule has 0 aliphatic carbocycles. The molecule has 7 nitrogen and oxygen atoms in total. The molecule has 1 aliphatic heterocycles. The number of nitrogens with zero attached hydrogens (tertiary/aromatic N) is 2. The Morgan fingerprint density at radius 1 is 1.71 bits per heavy atom. The lowest BCUT2D eigenvalue weighted by Gasteiger charge is -2.15. The van der Waals surface area contributed by atoms with Gasteiger partial charge in [0.25, 0.3) is 0 Å². The van der Waals surface area contributed by atoms with Crippen LogP contribution in [0.5, 0.6) is 0 Å². The molecule has 0 aromatic carbocycles. The van der Waals surface area contributed by atoms with Crippen molar-refractivity contribution in [3.05, 3.63) is 22.2 Å². The molecule has 0 saturated carbocycles. The van der Waals surface area contributed by atoms with Gasteiger partial charge in [-0.1, -0.05) is 0 Å². The summed E-state index contributed by atoms with van der Waals surface area (Å²) >= 11 is 0. The van der Waals surface area contributed by atoms with E-state index in [-0.39, 0.29) is 18.8 Å². The van der Waals surface area contributed by atoms with Gasteiger partial charge in [0.1, 0.15) is 18.1 Å². The van der Waals surface area contributed by atoms with Crippen molar-refractivity contribution in [3.63, 3.8) is 0 Å². The van der Waals surface area contributed by atoms with Gasteiger partial charge >= 0.3 is 5.69 Å². The zero-order valence-electron chi connectivity index (χ0n) is 9.41. The molecular formula is C10H15N3O4. The summed E-state index contributed by atoms with van der Waals surface area (Å²) in [6.07, 6.45) is -0.265. The fraction of sp³-hybridized carbons (Fsp3) is 0.600. The maximum absolute atomic E-state index is 11.6. The number of nitrogens with two attached hydrogens (primary N) is 1. The van der Waals surface area contributed by atoms with Crippen molar-refractivity contribution in [3.8, 4) is 0 Å². The first kappa shape index (κ1) is 12.0. The third-order valence-corrected chi connectivity index (χ3v) is 2.87. The summed E-state index contributed by atoms with van der Waals surface area (Å²) in [6.45, 7) is 1.45. The molecule has 2 heterocycles. The molecule has 1 saturated heterocycles. The third kappa shape index (κ3) is 2.17. The van der Waals surface area contributed by atoms with E-state index < -0.39 is 24.1 Å². The van der Waals surface area contributed by atoms with Gasteiger partial charge in [0, 0.05) is 18.2 Å². The van der Waals surface area contributed by atoms with Crippen molar-refractivity contribution in [2.24, 2.45) is 0 Å². The Morgan fingerprint density at radius 3 is 3.00 bits per heavy atom. The highest BCUT2D eigenvalue weighted by molar-refractivity contribution is 5.35. The predicted molar refractivity (Wildman–Crippen MR) is 59.3 cm³/mol. The number of rotatable bonds is 2. The highest BCUT2D eigenvalue weighted by Crippen LogP contribution is 2.27. The highest BCUT2D eigenvalue weighted by Gasteiger charge is 2.35. The van der Waals surface area contributed by atoms with Crippen molar-refractivity contribution < 1.29 is 14.9 Å². The fourth-order valence-corrected chi connectivity index (χ4v) is 1.84. The lowest BCUT2D eigenvalue weighted by molar-refractivity contribution is -0.0459. The summed E-state index contributed by atoms with van der Waals surface area (Å²) in [6, 6.07) is 0. The molecule has 7 heteroatoms. The second-order valence-electron chi connectivity index (χ2n) is 4.11. The molecule has 3 atom stereocenters. The van der Waals surface area contributed by atoms with E-state index in [4.69, 9.17) is 15.6 Å². The molecule has 0 bridgehead atoms. The van der Waals surface area contributed by atoms with Gasteiger partial charge in [-0.15, -0.1) is 0 Å². The van der Waals surface area contributed by atoms with Gasteiger partial charge in [0.2, 0.25) is 0 Å². The number of aliphatic hydroxyl groups excluding tert-OH is 2. The monoisotopic (exact) mass is 241 g/mol. The molecule has 0 spiro atoms. The van der Waals surface area contributed by atoms with Gasteiger partial charge in [-0.2, -0.15) is 4.98 Å². The standard InChI is InChI=1S/C10H15N3O4/c1-5-3-13(10(16)12-9(5)11)8-2-6(15)7(4-14)17-8/h3,6-8,14-15H,2,4H2,1H3,(H2,11,12,16)/t6-,7+,8+/m1/s1. The smallest absolute Gasteiger partial charge is 0.351 e. The second-order valence-corrected chi connectivity index (χ2v) is 4.11. The van der Waals surface area contributed by atoms with Gasteiger partial charge in [0.05, 0.1) is 12.7 Å². The van der Waals surface area contributed by atoms with E-state index in [1.807, 2.05) is 0 Å². The first-order valence-corrected chi connectivity index (χ1v) is 5.32. The summed E-state index contributed by atoms with van der Waals surface area (Å²) in [5.74, 6) is 0.184. The maximum Gasteiger partial charge on any atom is 0.351 e. The number of anilines is 1. The molecule has 2 rings (SSSR count). The number of aromatic nitrogens is 2. The lowest BCUT2D eigenvalue weighted by Crippen LogP contribution is -2.28. The number of aliphatic hydroxyl groups is 2. The van der Waals surface area contributed by atoms with Gasteiger partial charge in [-0.3, -0.25) is 4.57 Å². The van der Waals surface area contributed by atoms with Crippen molar-refractivity contribution >= 4 is 5.82 Å². The normalized spacial score (nSPS) is 28.5. The first-order chi connectivity index (χ1) is 8.02. The van der Waals surface area contributed by atoms with Crippen molar-refractivity contribution in [2.45, 2.75) is 31.8 Å². The van der Waals surface area contributed by atoms with Crippen LogP contribution in [0.3, 0.4) is 0 Å². The second kappa shape index (κ2) is 4.44. The van der Waals surface area contributed by atoms with Crippen LogP contribution in [0.15, 0.2) is 11.0 Å². The Morgan fingerprint density at radius 2 is 2.41 bits per heavy atom. The number of aryl methyl sites for hydroxylation is 1. The molecule has 1 fully saturated rings. The molecule has 94 valence electrons. The van der Waals surface area contributed by atoms with Crippen LogP contribution in [0.4, 0.5) is 5.82 Å². The van der Waals surface area contributed by atoms with E-state index in [9.17, 15) is 9.90 Å². The van der Waals surface area contributed by atoms with E-state index in [1.54, 1.807) is 13.1 Å². The van der Waals surface area contributed by atoms with Gasteiger partial charge in [0.15, 0.2) is 0 Å². The van der Waals surface area contributed by atoms with Crippen LogP contribution in [-0.4, -0.2) is 38.6 Å². The highest BCUT2D eigenvalue weighted by atomic mass is 16.5. The van der Waals surface area contributed by atoms with Crippen LogP contribution < -0.4 is 11.4 Å².